The van der Waals surface area contributed by atoms with Crippen molar-refractivity contribution in [2.24, 2.45) is 5.92 Å². The van der Waals surface area contributed by atoms with E-state index < -0.39 is 0 Å². The molecule has 0 saturated heterocycles. The van der Waals surface area contributed by atoms with Crippen LogP contribution in [0.4, 0.5) is 5.82 Å². The van der Waals surface area contributed by atoms with Crippen molar-refractivity contribution in [1.29, 1.82) is 0 Å². The molecule has 0 bridgehead atoms. The van der Waals surface area contributed by atoms with Crippen LogP contribution < -0.4 is 4.90 Å². The van der Waals surface area contributed by atoms with Crippen LogP contribution in [0.15, 0.2) is 12.4 Å². The minimum absolute atomic E-state index is 0.398. The quantitative estimate of drug-likeness (QED) is 0.703. The van der Waals surface area contributed by atoms with E-state index in [1.807, 2.05) is 0 Å². The summed E-state index contributed by atoms with van der Waals surface area (Å²) in [5.41, 5.74) is 0.798. The Morgan fingerprint density at radius 1 is 1.35 bits per heavy atom. The molecule has 1 heterocycles. The first-order chi connectivity index (χ1) is 8.17. The molecule has 96 valence electrons. The van der Waals surface area contributed by atoms with Gasteiger partial charge in [0.15, 0.2) is 0 Å². The van der Waals surface area contributed by atoms with Gasteiger partial charge < -0.3 is 9.64 Å². The SMILES string of the molecule is COCCN(CC(C)C)c1cnc(CCl)cn1. The van der Waals surface area contributed by atoms with Gasteiger partial charge in [-0.2, -0.15) is 0 Å². The van der Waals surface area contributed by atoms with Gasteiger partial charge in [0.05, 0.1) is 30.6 Å². The molecule has 1 aromatic heterocycles. The van der Waals surface area contributed by atoms with Gasteiger partial charge >= 0.3 is 0 Å². The van der Waals surface area contributed by atoms with Gasteiger partial charge in [0.25, 0.3) is 0 Å². The summed E-state index contributed by atoms with van der Waals surface area (Å²) >= 11 is 5.69. The topological polar surface area (TPSA) is 38.2 Å². The first kappa shape index (κ1) is 14.2. The number of alkyl halides is 1. The number of aromatic nitrogens is 2. The summed E-state index contributed by atoms with van der Waals surface area (Å²) < 4.78 is 5.11. The minimum atomic E-state index is 0.398. The van der Waals surface area contributed by atoms with E-state index in [9.17, 15) is 0 Å². The van der Waals surface area contributed by atoms with Gasteiger partial charge in [0, 0.05) is 20.2 Å². The molecule has 17 heavy (non-hydrogen) atoms. The van der Waals surface area contributed by atoms with Gasteiger partial charge in [-0.05, 0) is 5.92 Å². The molecular weight excluding hydrogens is 238 g/mol. The number of ether oxygens (including phenoxy) is 1. The van der Waals surface area contributed by atoms with E-state index in [0.717, 1.165) is 24.6 Å². The first-order valence-corrected chi connectivity index (χ1v) is 6.31. The number of halogens is 1. The van der Waals surface area contributed by atoms with Crippen LogP contribution in [-0.4, -0.2) is 36.8 Å². The third-order valence-electron chi connectivity index (χ3n) is 2.30. The van der Waals surface area contributed by atoms with Crippen LogP contribution in [0.1, 0.15) is 19.5 Å². The van der Waals surface area contributed by atoms with Crippen molar-refractivity contribution in [3.05, 3.63) is 18.1 Å². The lowest BCUT2D eigenvalue weighted by molar-refractivity contribution is 0.204. The minimum Gasteiger partial charge on any atom is -0.383 e. The highest BCUT2D eigenvalue weighted by Gasteiger charge is 2.10. The van der Waals surface area contributed by atoms with E-state index in [1.165, 1.54) is 0 Å². The zero-order chi connectivity index (χ0) is 12.7. The summed E-state index contributed by atoms with van der Waals surface area (Å²) in [5.74, 6) is 1.85. The predicted molar refractivity (Wildman–Crippen MR) is 70.5 cm³/mol. The van der Waals surface area contributed by atoms with Crippen LogP contribution in [0.3, 0.4) is 0 Å². The van der Waals surface area contributed by atoms with Crippen LogP contribution in [0.2, 0.25) is 0 Å². The van der Waals surface area contributed by atoms with Crippen molar-refractivity contribution in [1.82, 2.24) is 9.97 Å². The maximum Gasteiger partial charge on any atom is 0.147 e. The van der Waals surface area contributed by atoms with E-state index in [0.29, 0.717) is 18.4 Å². The number of anilines is 1. The van der Waals surface area contributed by atoms with Crippen LogP contribution in [0, 0.1) is 5.92 Å². The number of methoxy groups -OCH3 is 1. The Morgan fingerprint density at radius 2 is 2.12 bits per heavy atom. The maximum atomic E-state index is 5.69. The van der Waals surface area contributed by atoms with E-state index in [2.05, 4.69) is 28.7 Å². The molecule has 1 aromatic rings. The van der Waals surface area contributed by atoms with Crippen molar-refractivity contribution < 1.29 is 4.74 Å². The smallest absolute Gasteiger partial charge is 0.147 e. The Kier molecular flexibility index (Phi) is 6.22. The van der Waals surface area contributed by atoms with Gasteiger partial charge in [-0.1, -0.05) is 13.8 Å². The van der Waals surface area contributed by atoms with E-state index in [4.69, 9.17) is 16.3 Å². The summed E-state index contributed by atoms with van der Waals surface area (Å²) in [6.07, 6.45) is 3.50. The third kappa shape index (κ3) is 4.88. The van der Waals surface area contributed by atoms with Gasteiger partial charge in [-0.3, -0.25) is 4.98 Å². The third-order valence-corrected chi connectivity index (χ3v) is 2.58. The average Bonchev–Trinajstić information content (AvgIpc) is 2.34. The molecule has 0 aromatic carbocycles. The fourth-order valence-electron chi connectivity index (χ4n) is 1.52. The van der Waals surface area contributed by atoms with Crippen LogP contribution in [0.25, 0.3) is 0 Å². The second kappa shape index (κ2) is 7.45. The molecule has 0 atom stereocenters. The highest BCUT2D eigenvalue weighted by molar-refractivity contribution is 6.16. The summed E-state index contributed by atoms with van der Waals surface area (Å²) in [4.78, 5) is 10.8. The standard InChI is InChI=1S/C12H20ClN3O/c1-10(2)9-16(4-5-17-3)12-8-14-11(6-13)7-15-12/h7-8,10H,4-6,9H2,1-3H3. The monoisotopic (exact) mass is 257 g/mol. The summed E-state index contributed by atoms with van der Waals surface area (Å²) in [6, 6.07) is 0. The number of hydrogen-bond acceptors (Lipinski definition) is 4. The summed E-state index contributed by atoms with van der Waals surface area (Å²) in [7, 11) is 1.70. The fourth-order valence-corrected chi connectivity index (χ4v) is 1.66. The second-order valence-corrected chi connectivity index (χ2v) is 4.60. The zero-order valence-electron chi connectivity index (χ0n) is 10.7. The Labute approximate surface area is 108 Å². The second-order valence-electron chi connectivity index (χ2n) is 4.33. The van der Waals surface area contributed by atoms with Crippen molar-refractivity contribution in [3.8, 4) is 0 Å². The normalized spacial score (nSPS) is 10.9. The molecule has 0 N–H and O–H groups in total. The van der Waals surface area contributed by atoms with E-state index in [-0.39, 0.29) is 0 Å². The molecule has 0 radical (unpaired) electrons. The lowest BCUT2D eigenvalue weighted by Crippen LogP contribution is -2.31. The predicted octanol–water partition coefficient (Wildman–Crippen LogP) is 2.32. The molecule has 0 aliphatic heterocycles. The Morgan fingerprint density at radius 3 is 2.59 bits per heavy atom. The van der Waals surface area contributed by atoms with Gasteiger partial charge in [0.1, 0.15) is 5.82 Å². The number of rotatable bonds is 7. The molecule has 0 saturated carbocycles. The van der Waals surface area contributed by atoms with Crippen molar-refractivity contribution in [2.45, 2.75) is 19.7 Å². The van der Waals surface area contributed by atoms with Crippen molar-refractivity contribution in [3.63, 3.8) is 0 Å². The molecule has 5 heteroatoms. The molecular formula is C12H20ClN3O. The summed E-state index contributed by atoms with van der Waals surface area (Å²) in [6.45, 7) is 6.81. The molecule has 0 aliphatic rings. The van der Waals surface area contributed by atoms with Crippen LogP contribution in [-0.2, 0) is 10.6 Å². The Bertz CT molecular complexity index is 316. The van der Waals surface area contributed by atoms with Crippen molar-refractivity contribution >= 4 is 17.4 Å². The van der Waals surface area contributed by atoms with Crippen LogP contribution >= 0.6 is 11.6 Å². The molecule has 4 nitrogen and oxygen atoms in total. The fraction of sp³-hybridized carbons (Fsp3) is 0.667. The van der Waals surface area contributed by atoms with Crippen LogP contribution in [0.5, 0.6) is 0 Å². The molecule has 0 spiro atoms. The molecule has 0 fully saturated rings. The Hall–Kier alpha value is -0.870. The van der Waals surface area contributed by atoms with E-state index >= 15 is 0 Å². The lowest BCUT2D eigenvalue weighted by atomic mass is 10.2. The van der Waals surface area contributed by atoms with Crippen molar-refractivity contribution in [2.75, 3.05) is 31.7 Å². The highest BCUT2D eigenvalue weighted by Crippen LogP contribution is 2.12. The molecule has 0 unspecified atom stereocenters. The van der Waals surface area contributed by atoms with Gasteiger partial charge in [-0.25, -0.2) is 4.98 Å². The highest BCUT2D eigenvalue weighted by atomic mass is 35.5. The number of hydrogen-bond donors (Lipinski definition) is 0. The first-order valence-electron chi connectivity index (χ1n) is 5.78. The average molecular weight is 258 g/mol. The van der Waals surface area contributed by atoms with Gasteiger partial charge in [0.2, 0.25) is 0 Å². The lowest BCUT2D eigenvalue weighted by Gasteiger charge is -2.24. The summed E-state index contributed by atoms with van der Waals surface area (Å²) in [5, 5.41) is 0. The van der Waals surface area contributed by atoms with Gasteiger partial charge in [-0.15, -0.1) is 11.6 Å². The molecule has 0 amide bonds. The largest absolute Gasteiger partial charge is 0.383 e. The Balaban J connectivity index is 2.72. The number of nitrogens with zero attached hydrogens (tertiary/aromatic N) is 3. The maximum absolute atomic E-state index is 5.69. The molecule has 1 rings (SSSR count). The molecule has 0 aliphatic carbocycles. The van der Waals surface area contributed by atoms with E-state index in [1.54, 1.807) is 19.5 Å². The zero-order valence-corrected chi connectivity index (χ0v) is 11.4.